The van der Waals surface area contributed by atoms with Gasteiger partial charge in [0, 0.05) is 44.1 Å². The molecule has 1 saturated carbocycles. The van der Waals surface area contributed by atoms with Crippen molar-refractivity contribution in [2.45, 2.75) is 44.6 Å². The van der Waals surface area contributed by atoms with Crippen LogP contribution in [0, 0.1) is 13.8 Å². The zero-order valence-electron chi connectivity index (χ0n) is 17.1. The van der Waals surface area contributed by atoms with Gasteiger partial charge < -0.3 is 9.64 Å². The SMILES string of the molecule is Cc1nc2nc(N3CCO[C@@H](c4cnn(C)c4)C3)nc(C3CC(F)(F)C3)c2nc1C. The maximum atomic E-state index is 13.6. The number of morpholine rings is 1. The first-order chi connectivity index (χ1) is 14.3. The topological polar surface area (TPSA) is 81.9 Å². The number of anilines is 1. The minimum absolute atomic E-state index is 0.158. The lowest BCUT2D eigenvalue weighted by molar-refractivity contribution is -0.0873. The molecule has 8 nitrogen and oxygen atoms in total. The van der Waals surface area contributed by atoms with Gasteiger partial charge in [-0.1, -0.05) is 0 Å². The minimum atomic E-state index is -2.64. The third-order valence-electron chi connectivity index (χ3n) is 5.88. The number of alkyl halides is 2. The van der Waals surface area contributed by atoms with Crippen LogP contribution >= 0.6 is 0 Å². The third kappa shape index (κ3) is 3.38. The van der Waals surface area contributed by atoms with Gasteiger partial charge in [-0.25, -0.2) is 23.7 Å². The number of ether oxygens (including phenoxy) is 1. The lowest BCUT2D eigenvalue weighted by atomic mass is 9.78. The van der Waals surface area contributed by atoms with E-state index in [1.54, 1.807) is 10.9 Å². The first-order valence-corrected chi connectivity index (χ1v) is 10.0. The normalized spacial score (nSPS) is 21.8. The van der Waals surface area contributed by atoms with Crippen molar-refractivity contribution in [2.24, 2.45) is 7.05 Å². The highest BCUT2D eigenvalue weighted by atomic mass is 19.3. The molecule has 1 saturated heterocycles. The summed E-state index contributed by atoms with van der Waals surface area (Å²) in [5.74, 6) is -2.49. The molecule has 0 amide bonds. The number of aryl methyl sites for hydroxylation is 3. The van der Waals surface area contributed by atoms with Crippen LogP contribution in [0.3, 0.4) is 0 Å². The van der Waals surface area contributed by atoms with Crippen LogP contribution in [0.15, 0.2) is 12.4 Å². The summed E-state index contributed by atoms with van der Waals surface area (Å²) in [6, 6.07) is 0. The maximum Gasteiger partial charge on any atom is 0.249 e. The van der Waals surface area contributed by atoms with Gasteiger partial charge in [0.25, 0.3) is 0 Å². The molecule has 2 aliphatic rings. The van der Waals surface area contributed by atoms with Crippen molar-refractivity contribution in [3.63, 3.8) is 0 Å². The zero-order valence-corrected chi connectivity index (χ0v) is 17.1. The fourth-order valence-corrected chi connectivity index (χ4v) is 4.04. The van der Waals surface area contributed by atoms with Crippen LogP contribution < -0.4 is 4.90 Å². The van der Waals surface area contributed by atoms with Crippen LogP contribution in [0.1, 0.15) is 47.5 Å². The second-order valence-electron chi connectivity index (χ2n) is 8.19. The van der Waals surface area contributed by atoms with Crippen molar-refractivity contribution in [3.8, 4) is 0 Å². The molecular weight excluding hydrogens is 392 g/mol. The van der Waals surface area contributed by atoms with Gasteiger partial charge in [0.15, 0.2) is 5.65 Å². The minimum Gasteiger partial charge on any atom is -0.370 e. The summed E-state index contributed by atoms with van der Waals surface area (Å²) in [6.45, 7) is 5.40. The Bertz CT molecular complexity index is 1110. The van der Waals surface area contributed by atoms with E-state index in [0.29, 0.717) is 42.5 Å². The quantitative estimate of drug-likeness (QED) is 0.651. The van der Waals surface area contributed by atoms with Gasteiger partial charge in [0.2, 0.25) is 11.9 Å². The average Bonchev–Trinajstić information content (AvgIpc) is 3.13. The first-order valence-electron chi connectivity index (χ1n) is 10.0. The predicted molar refractivity (Wildman–Crippen MR) is 106 cm³/mol. The monoisotopic (exact) mass is 415 g/mol. The predicted octanol–water partition coefficient (Wildman–Crippen LogP) is 2.86. The lowest BCUT2D eigenvalue weighted by Crippen LogP contribution is -2.40. The Kier molecular flexibility index (Phi) is 4.42. The molecule has 0 spiro atoms. The summed E-state index contributed by atoms with van der Waals surface area (Å²) in [5.41, 5.74) is 4.06. The van der Waals surface area contributed by atoms with E-state index in [9.17, 15) is 8.78 Å². The number of rotatable bonds is 3. The molecule has 0 N–H and O–H groups in total. The molecule has 2 fully saturated rings. The highest BCUT2D eigenvalue weighted by molar-refractivity contribution is 5.75. The summed E-state index contributed by atoms with van der Waals surface area (Å²) in [4.78, 5) is 20.6. The highest BCUT2D eigenvalue weighted by Crippen LogP contribution is 2.49. The maximum absolute atomic E-state index is 13.6. The average molecular weight is 415 g/mol. The van der Waals surface area contributed by atoms with Crippen molar-refractivity contribution in [2.75, 3.05) is 24.6 Å². The van der Waals surface area contributed by atoms with E-state index in [1.807, 2.05) is 32.0 Å². The van der Waals surface area contributed by atoms with Crippen LogP contribution in [0.2, 0.25) is 0 Å². The Balaban J connectivity index is 1.53. The summed E-state index contributed by atoms with van der Waals surface area (Å²) >= 11 is 0. The van der Waals surface area contributed by atoms with Crippen molar-refractivity contribution in [1.82, 2.24) is 29.7 Å². The molecule has 0 bridgehead atoms. The number of fused-ring (bicyclic) bond motifs is 1. The third-order valence-corrected chi connectivity index (χ3v) is 5.88. The summed E-state index contributed by atoms with van der Waals surface area (Å²) in [5, 5.41) is 4.22. The van der Waals surface area contributed by atoms with E-state index in [1.165, 1.54) is 0 Å². The van der Waals surface area contributed by atoms with Gasteiger partial charge in [0.05, 0.1) is 36.4 Å². The molecule has 4 heterocycles. The second kappa shape index (κ2) is 6.90. The van der Waals surface area contributed by atoms with Gasteiger partial charge in [-0.3, -0.25) is 4.68 Å². The molecular formula is C20H23F2N7O. The molecule has 1 aliphatic carbocycles. The lowest BCUT2D eigenvalue weighted by Gasteiger charge is -2.36. The van der Waals surface area contributed by atoms with Gasteiger partial charge in [-0.15, -0.1) is 0 Å². The van der Waals surface area contributed by atoms with E-state index in [-0.39, 0.29) is 24.9 Å². The summed E-state index contributed by atoms with van der Waals surface area (Å²) < 4.78 is 34.8. The Labute approximate surface area is 172 Å². The van der Waals surface area contributed by atoms with Crippen LogP contribution in [0.4, 0.5) is 14.7 Å². The Hall–Kier alpha value is -2.75. The van der Waals surface area contributed by atoms with Gasteiger partial charge in [0.1, 0.15) is 11.6 Å². The zero-order chi connectivity index (χ0) is 21.0. The van der Waals surface area contributed by atoms with Crippen LogP contribution in [-0.4, -0.2) is 55.3 Å². The molecule has 3 aromatic rings. The fraction of sp³-hybridized carbons (Fsp3) is 0.550. The van der Waals surface area contributed by atoms with Crippen molar-refractivity contribution >= 4 is 17.1 Å². The second-order valence-corrected chi connectivity index (χ2v) is 8.19. The Morgan fingerprint density at radius 1 is 1.10 bits per heavy atom. The molecule has 1 aliphatic heterocycles. The number of halogens is 2. The van der Waals surface area contributed by atoms with Crippen molar-refractivity contribution in [1.29, 1.82) is 0 Å². The van der Waals surface area contributed by atoms with Crippen molar-refractivity contribution in [3.05, 3.63) is 35.0 Å². The molecule has 1 atom stereocenters. The van der Waals surface area contributed by atoms with Crippen molar-refractivity contribution < 1.29 is 13.5 Å². The molecule has 0 radical (unpaired) electrons. The number of hydrogen-bond donors (Lipinski definition) is 0. The largest absolute Gasteiger partial charge is 0.370 e. The first kappa shape index (κ1) is 19.2. The molecule has 0 unspecified atom stereocenters. The molecule has 3 aromatic heterocycles. The van der Waals surface area contributed by atoms with Crippen LogP contribution in [0.25, 0.3) is 11.2 Å². The molecule has 10 heteroatoms. The smallest absolute Gasteiger partial charge is 0.249 e. The van der Waals surface area contributed by atoms with Gasteiger partial charge in [-0.2, -0.15) is 10.1 Å². The standard InChI is InChI=1S/C20H23F2N7O/c1-11-12(2)25-18-17(24-11)16(13-6-20(21,22)7-13)26-19(27-18)29-4-5-30-15(10-29)14-8-23-28(3)9-14/h8-9,13,15H,4-7,10H2,1-3H3/t15-/m1/s1. The molecule has 30 heavy (non-hydrogen) atoms. The summed E-state index contributed by atoms with van der Waals surface area (Å²) in [6.07, 6.45) is 3.13. The number of nitrogens with zero attached hydrogens (tertiary/aromatic N) is 7. The van der Waals surface area contributed by atoms with E-state index in [0.717, 1.165) is 17.0 Å². The van der Waals surface area contributed by atoms with Gasteiger partial charge >= 0.3 is 0 Å². The number of aromatic nitrogens is 6. The van der Waals surface area contributed by atoms with E-state index in [2.05, 4.69) is 20.1 Å². The Morgan fingerprint density at radius 3 is 2.57 bits per heavy atom. The fourth-order valence-electron chi connectivity index (χ4n) is 4.04. The van der Waals surface area contributed by atoms with Gasteiger partial charge in [-0.05, 0) is 13.8 Å². The van der Waals surface area contributed by atoms with E-state index in [4.69, 9.17) is 9.72 Å². The molecule has 5 rings (SSSR count). The van der Waals surface area contributed by atoms with E-state index >= 15 is 0 Å². The summed E-state index contributed by atoms with van der Waals surface area (Å²) in [7, 11) is 1.86. The number of hydrogen-bond acceptors (Lipinski definition) is 7. The van der Waals surface area contributed by atoms with Crippen LogP contribution in [0.5, 0.6) is 0 Å². The molecule has 0 aromatic carbocycles. The highest BCUT2D eigenvalue weighted by Gasteiger charge is 2.47. The van der Waals surface area contributed by atoms with Crippen LogP contribution in [-0.2, 0) is 11.8 Å². The molecule has 158 valence electrons. The Morgan fingerprint density at radius 2 is 1.87 bits per heavy atom. The van der Waals surface area contributed by atoms with E-state index < -0.39 is 5.92 Å².